The minimum Gasteiger partial charge on any atom is -0.359 e. The van der Waals surface area contributed by atoms with Gasteiger partial charge in [-0.3, -0.25) is 0 Å². The predicted molar refractivity (Wildman–Crippen MR) is 117 cm³/mol. The average molecular weight is 387 g/mol. The maximum atomic E-state index is 5.55. The van der Waals surface area contributed by atoms with Crippen molar-refractivity contribution in [2.24, 2.45) is 0 Å². The monoisotopic (exact) mass is 386 g/mol. The largest absolute Gasteiger partial charge is 0.359 e. The van der Waals surface area contributed by atoms with Gasteiger partial charge in [-0.1, -0.05) is 42.6 Å². The molecule has 0 aliphatic heterocycles. The molecule has 1 aliphatic rings. The molecule has 140 valence electrons. The second-order valence-electron chi connectivity index (χ2n) is 7.52. The number of nitrogens with zero attached hydrogens (tertiary/aromatic N) is 3. The third-order valence-electron chi connectivity index (χ3n) is 5.53. The van der Waals surface area contributed by atoms with Gasteiger partial charge in [0.2, 0.25) is 0 Å². The summed E-state index contributed by atoms with van der Waals surface area (Å²) in [6, 6.07) is 13.1. The number of terminal acetylenes is 1. The lowest BCUT2D eigenvalue weighted by Crippen LogP contribution is -2.21. The summed E-state index contributed by atoms with van der Waals surface area (Å²) in [5, 5.41) is 4.69. The van der Waals surface area contributed by atoms with E-state index in [0.717, 1.165) is 33.8 Å². The molecule has 28 heavy (non-hydrogen) atoms. The fourth-order valence-electron chi connectivity index (χ4n) is 4.02. The van der Waals surface area contributed by atoms with Gasteiger partial charge >= 0.3 is 0 Å². The molecule has 2 heterocycles. The topological polar surface area (TPSA) is 42.7 Å². The Hall–Kier alpha value is -2.84. The quantitative estimate of drug-likeness (QED) is 0.476. The van der Waals surface area contributed by atoms with Crippen LogP contribution in [0.5, 0.6) is 0 Å². The number of thiazole rings is 1. The van der Waals surface area contributed by atoms with E-state index < -0.39 is 0 Å². The van der Waals surface area contributed by atoms with Crippen molar-refractivity contribution in [2.75, 3.05) is 5.32 Å². The van der Waals surface area contributed by atoms with Crippen LogP contribution in [0.2, 0.25) is 0 Å². The minimum atomic E-state index is 0.580. The molecule has 2 aromatic heterocycles. The van der Waals surface area contributed by atoms with Crippen LogP contribution in [0.3, 0.4) is 0 Å². The predicted octanol–water partition coefficient (Wildman–Crippen LogP) is 5.42. The Morgan fingerprint density at radius 3 is 2.82 bits per heavy atom. The van der Waals surface area contributed by atoms with Crippen molar-refractivity contribution in [3.63, 3.8) is 0 Å². The Balaban J connectivity index is 1.40. The SMILES string of the molecule is C#Cc1ccc2ncn(Cc3ccc4nc(NC5CCCCC5)sc4c3)c2c1. The van der Waals surface area contributed by atoms with E-state index in [4.69, 9.17) is 11.4 Å². The summed E-state index contributed by atoms with van der Waals surface area (Å²) in [6.07, 6.45) is 14.0. The third kappa shape index (κ3) is 3.36. The summed E-state index contributed by atoms with van der Waals surface area (Å²) in [4.78, 5) is 9.28. The number of rotatable bonds is 4. The Labute approximate surface area is 168 Å². The molecule has 0 radical (unpaired) electrons. The maximum Gasteiger partial charge on any atom is 0.184 e. The van der Waals surface area contributed by atoms with Gasteiger partial charge in [-0.25, -0.2) is 9.97 Å². The van der Waals surface area contributed by atoms with Gasteiger partial charge in [-0.05, 0) is 48.7 Å². The fraction of sp³-hybridized carbons (Fsp3) is 0.304. The first-order valence-corrected chi connectivity index (χ1v) is 10.7. The summed E-state index contributed by atoms with van der Waals surface area (Å²) in [5.74, 6) is 2.71. The lowest BCUT2D eigenvalue weighted by Gasteiger charge is -2.22. The van der Waals surface area contributed by atoms with E-state index in [2.05, 4.69) is 39.0 Å². The standard InChI is InChI=1S/C23H22N4S/c1-2-16-8-10-19-21(12-16)27(15-24-19)14-17-9-11-20-22(13-17)28-23(26-20)25-18-6-4-3-5-7-18/h1,8-13,15,18H,3-7,14H2,(H,25,26). The molecule has 2 aromatic carbocycles. The number of benzene rings is 2. The molecule has 5 heteroatoms. The number of fused-ring (bicyclic) bond motifs is 2. The Morgan fingerprint density at radius 2 is 1.96 bits per heavy atom. The molecule has 1 fully saturated rings. The molecule has 4 nitrogen and oxygen atoms in total. The normalized spacial score (nSPS) is 15.1. The van der Waals surface area contributed by atoms with Crippen LogP contribution in [0.1, 0.15) is 43.2 Å². The highest BCUT2D eigenvalue weighted by atomic mass is 32.1. The first-order valence-electron chi connectivity index (χ1n) is 9.86. The average Bonchev–Trinajstić information content (AvgIpc) is 3.31. The van der Waals surface area contributed by atoms with E-state index in [0.29, 0.717) is 6.04 Å². The van der Waals surface area contributed by atoms with Crippen molar-refractivity contribution < 1.29 is 0 Å². The number of aromatic nitrogens is 3. The van der Waals surface area contributed by atoms with Crippen LogP contribution in [0.15, 0.2) is 42.7 Å². The molecule has 0 amide bonds. The Bertz CT molecular complexity index is 1170. The van der Waals surface area contributed by atoms with Crippen LogP contribution in [-0.2, 0) is 6.54 Å². The van der Waals surface area contributed by atoms with Crippen molar-refractivity contribution in [3.05, 3.63) is 53.9 Å². The summed E-state index contributed by atoms with van der Waals surface area (Å²) in [7, 11) is 0. The zero-order valence-corrected chi connectivity index (χ0v) is 16.5. The fourth-order valence-corrected chi connectivity index (χ4v) is 5.03. The van der Waals surface area contributed by atoms with E-state index in [9.17, 15) is 0 Å². The molecule has 0 bridgehead atoms. The second kappa shape index (κ2) is 7.29. The molecular formula is C23H22N4S. The number of imidazole rings is 1. The first-order chi connectivity index (χ1) is 13.8. The van der Waals surface area contributed by atoms with Crippen molar-refractivity contribution in [1.29, 1.82) is 0 Å². The van der Waals surface area contributed by atoms with Gasteiger partial charge in [0.25, 0.3) is 0 Å². The minimum absolute atomic E-state index is 0.580. The van der Waals surface area contributed by atoms with Gasteiger partial charge in [0.1, 0.15) is 0 Å². The molecule has 0 saturated heterocycles. The van der Waals surface area contributed by atoms with Gasteiger partial charge in [0.05, 0.1) is 27.6 Å². The highest BCUT2D eigenvalue weighted by Gasteiger charge is 2.15. The van der Waals surface area contributed by atoms with Crippen LogP contribution < -0.4 is 5.32 Å². The molecule has 1 saturated carbocycles. The van der Waals surface area contributed by atoms with Crippen LogP contribution in [0.4, 0.5) is 5.13 Å². The lowest BCUT2D eigenvalue weighted by molar-refractivity contribution is 0.462. The smallest absolute Gasteiger partial charge is 0.184 e. The molecular weight excluding hydrogens is 364 g/mol. The van der Waals surface area contributed by atoms with Crippen molar-refractivity contribution >= 4 is 37.7 Å². The van der Waals surface area contributed by atoms with Crippen molar-refractivity contribution in [3.8, 4) is 12.3 Å². The summed E-state index contributed by atoms with van der Waals surface area (Å²) in [5.41, 5.74) is 5.23. The summed E-state index contributed by atoms with van der Waals surface area (Å²) in [6.45, 7) is 0.768. The van der Waals surface area contributed by atoms with E-state index in [-0.39, 0.29) is 0 Å². The zero-order valence-electron chi connectivity index (χ0n) is 15.7. The van der Waals surface area contributed by atoms with Crippen molar-refractivity contribution in [2.45, 2.75) is 44.7 Å². The van der Waals surface area contributed by atoms with Gasteiger partial charge in [0.15, 0.2) is 5.13 Å². The first kappa shape index (κ1) is 17.3. The third-order valence-corrected chi connectivity index (χ3v) is 6.48. The molecule has 5 rings (SSSR count). The van der Waals surface area contributed by atoms with E-state index in [1.807, 2.05) is 24.5 Å². The molecule has 0 atom stereocenters. The molecule has 0 unspecified atom stereocenters. The maximum absolute atomic E-state index is 5.55. The zero-order chi connectivity index (χ0) is 18.9. The van der Waals surface area contributed by atoms with Gasteiger partial charge in [-0.15, -0.1) is 6.42 Å². The van der Waals surface area contributed by atoms with E-state index >= 15 is 0 Å². The number of hydrogen-bond acceptors (Lipinski definition) is 4. The van der Waals surface area contributed by atoms with Crippen LogP contribution in [-0.4, -0.2) is 20.6 Å². The number of anilines is 1. The van der Waals surface area contributed by atoms with Crippen LogP contribution in [0.25, 0.3) is 21.3 Å². The molecule has 1 aliphatic carbocycles. The Kier molecular flexibility index (Phi) is 4.50. The van der Waals surface area contributed by atoms with Gasteiger partial charge < -0.3 is 9.88 Å². The lowest BCUT2D eigenvalue weighted by atomic mass is 9.96. The molecule has 4 aromatic rings. The highest BCUT2D eigenvalue weighted by Crippen LogP contribution is 2.30. The second-order valence-corrected chi connectivity index (χ2v) is 8.55. The molecule has 1 N–H and O–H groups in total. The number of nitrogens with one attached hydrogen (secondary N) is 1. The Morgan fingerprint density at radius 1 is 1.11 bits per heavy atom. The van der Waals surface area contributed by atoms with Crippen molar-refractivity contribution in [1.82, 2.24) is 14.5 Å². The molecule has 0 spiro atoms. The van der Waals surface area contributed by atoms with Crippen LogP contribution >= 0.6 is 11.3 Å². The summed E-state index contributed by atoms with van der Waals surface area (Å²) >= 11 is 1.75. The van der Waals surface area contributed by atoms with E-state index in [1.165, 1.54) is 42.4 Å². The van der Waals surface area contributed by atoms with Gasteiger partial charge in [0, 0.05) is 18.2 Å². The van der Waals surface area contributed by atoms with E-state index in [1.54, 1.807) is 11.3 Å². The highest BCUT2D eigenvalue weighted by molar-refractivity contribution is 7.22. The number of hydrogen-bond donors (Lipinski definition) is 1. The summed E-state index contributed by atoms with van der Waals surface area (Å²) < 4.78 is 3.38. The van der Waals surface area contributed by atoms with Gasteiger partial charge in [-0.2, -0.15) is 0 Å². The van der Waals surface area contributed by atoms with Crippen LogP contribution in [0, 0.1) is 12.3 Å².